The Morgan fingerprint density at radius 3 is 2.60 bits per heavy atom. The van der Waals surface area contributed by atoms with Gasteiger partial charge in [-0.3, -0.25) is 0 Å². The average Bonchev–Trinajstić information content (AvgIpc) is 2.65. The molecular weight excluding hydrogens is 124 g/mol. The predicted octanol–water partition coefficient (Wildman–Crippen LogP) is 2.28. The summed E-state index contributed by atoms with van der Waals surface area (Å²) >= 11 is 0. The summed E-state index contributed by atoms with van der Waals surface area (Å²) < 4.78 is 5.46. The van der Waals surface area contributed by atoms with E-state index in [-0.39, 0.29) is 5.60 Å². The number of hydrogen-bond acceptors (Lipinski definition) is 1. The summed E-state index contributed by atoms with van der Waals surface area (Å²) in [6, 6.07) is 0. The molecule has 1 aliphatic heterocycles. The third-order valence-corrected chi connectivity index (χ3v) is 2.95. The van der Waals surface area contributed by atoms with Crippen LogP contribution in [0.5, 0.6) is 0 Å². The summed E-state index contributed by atoms with van der Waals surface area (Å²) in [6.45, 7) is 5.44. The van der Waals surface area contributed by atoms with Crippen molar-refractivity contribution in [2.24, 2.45) is 0 Å². The molecule has 0 aromatic carbocycles. The van der Waals surface area contributed by atoms with Crippen LogP contribution < -0.4 is 0 Å². The molecule has 2 aliphatic rings. The monoisotopic (exact) mass is 138 g/mol. The molecule has 0 N–H and O–H groups in total. The maximum Gasteiger partial charge on any atom is 0.113 e. The van der Waals surface area contributed by atoms with Crippen LogP contribution >= 0.6 is 0 Å². The van der Waals surface area contributed by atoms with Crippen molar-refractivity contribution in [1.29, 1.82) is 0 Å². The maximum absolute atomic E-state index is 5.46. The Morgan fingerprint density at radius 1 is 1.40 bits per heavy atom. The van der Waals surface area contributed by atoms with Gasteiger partial charge in [-0.25, -0.2) is 0 Å². The number of allylic oxidation sites excluding steroid dienone is 1. The van der Waals surface area contributed by atoms with Crippen LogP contribution in [0.2, 0.25) is 0 Å². The van der Waals surface area contributed by atoms with Gasteiger partial charge in [0.05, 0.1) is 6.61 Å². The van der Waals surface area contributed by atoms with Crippen LogP contribution in [0.15, 0.2) is 11.1 Å². The van der Waals surface area contributed by atoms with E-state index in [1.54, 1.807) is 5.57 Å². The molecule has 0 amide bonds. The summed E-state index contributed by atoms with van der Waals surface area (Å²) in [4.78, 5) is 0. The van der Waals surface area contributed by atoms with Gasteiger partial charge < -0.3 is 4.74 Å². The molecule has 10 heavy (non-hydrogen) atoms. The molecule has 1 nitrogen and oxygen atoms in total. The molecule has 2 rings (SSSR count). The lowest BCUT2D eigenvalue weighted by Crippen LogP contribution is -2.18. The van der Waals surface area contributed by atoms with Crippen LogP contribution in [-0.2, 0) is 4.74 Å². The Labute approximate surface area is 62.1 Å². The molecule has 1 fully saturated rings. The van der Waals surface area contributed by atoms with Gasteiger partial charge in [0.25, 0.3) is 0 Å². The fourth-order valence-corrected chi connectivity index (χ4v) is 1.85. The van der Waals surface area contributed by atoms with Crippen LogP contribution in [0.3, 0.4) is 0 Å². The molecule has 0 saturated carbocycles. The van der Waals surface area contributed by atoms with Gasteiger partial charge in [-0.2, -0.15) is 0 Å². The summed E-state index contributed by atoms with van der Waals surface area (Å²) in [5, 5.41) is 0. The van der Waals surface area contributed by atoms with E-state index >= 15 is 0 Å². The molecule has 1 saturated heterocycles. The van der Waals surface area contributed by atoms with Crippen molar-refractivity contribution in [2.45, 2.75) is 38.7 Å². The number of hydrogen-bond donors (Lipinski definition) is 0. The zero-order chi connectivity index (χ0) is 7.19. The second kappa shape index (κ2) is 1.85. The normalized spacial score (nSPS) is 39.0. The molecule has 1 atom stereocenters. The third-order valence-electron chi connectivity index (χ3n) is 2.95. The van der Waals surface area contributed by atoms with E-state index in [0.717, 1.165) is 6.61 Å². The van der Waals surface area contributed by atoms with Crippen LogP contribution in [0.25, 0.3) is 0 Å². The highest BCUT2D eigenvalue weighted by Gasteiger charge is 2.47. The predicted molar refractivity (Wildman–Crippen MR) is 40.9 cm³/mol. The summed E-state index contributed by atoms with van der Waals surface area (Å²) in [6.07, 6.45) is 3.87. The van der Waals surface area contributed by atoms with E-state index < -0.39 is 0 Å². The lowest BCUT2D eigenvalue weighted by molar-refractivity contribution is 0.307. The van der Waals surface area contributed by atoms with E-state index in [2.05, 4.69) is 13.8 Å². The van der Waals surface area contributed by atoms with Gasteiger partial charge in [-0.15, -0.1) is 0 Å². The Balaban J connectivity index is 2.30. The zero-order valence-electron chi connectivity index (χ0n) is 6.74. The quantitative estimate of drug-likeness (QED) is 0.369. The maximum atomic E-state index is 5.46. The second-order valence-corrected chi connectivity index (χ2v) is 3.54. The van der Waals surface area contributed by atoms with Crippen molar-refractivity contribution >= 4 is 0 Å². The molecule has 1 spiro atoms. The topological polar surface area (TPSA) is 12.5 Å². The first-order chi connectivity index (χ1) is 4.75. The fraction of sp³-hybridized carbons (Fsp3) is 0.778. The van der Waals surface area contributed by atoms with E-state index in [1.807, 2.05) is 0 Å². The van der Waals surface area contributed by atoms with Crippen molar-refractivity contribution in [2.75, 3.05) is 6.61 Å². The highest BCUT2D eigenvalue weighted by atomic mass is 16.6. The summed E-state index contributed by atoms with van der Waals surface area (Å²) in [5.74, 6) is 0. The van der Waals surface area contributed by atoms with Crippen molar-refractivity contribution < 1.29 is 4.74 Å². The van der Waals surface area contributed by atoms with E-state index in [1.165, 1.54) is 24.8 Å². The zero-order valence-corrected chi connectivity index (χ0v) is 6.74. The molecule has 1 aliphatic carbocycles. The first-order valence-corrected chi connectivity index (χ1v) is 4.05. The first kappa shape index (κ1) is 6.41. The Hall–Kier alpha value is -0.300. The van der Waals surface area contributed by atoms with E-state index in [4.69, 9.17) is 4.74 Å². The van der Waals surface area contributed by atoms with Gasteiger partial charge in [0.1, 0.15) is 5.60 Å². The Bertz CT molecular complexity index is 187. The Morgan fingerprint density at radius 2 is 2.10 bits per heavy atom. The second-order valence-electron chi connectivity index (χ2n) is 3.54. The number of rotatable bonds is 0. The van der Waals surface area contributed by atoms with Crippen molar-refractivity contribution in [3.8, 4) is 0 Å². The number of epoxide rings is 1. The van der Waals surface area contributed by atoms with Crippen LogP contribution in [0, 0.1) is 0 Å². The van der Waals surface area contributed by atoms with Crippen molar-refractivity contribution in [3.05, 3.63) is 11.1 Å². The molecule has 0 aromatic rings. The Kier molecular flexibility index (Phi) is 1.19. The highest BCUT2D eigenvalue weighted by molar-refractivity contribution is 5.29. The van der Waals surface area contributed by atoms with Crippen LogP contribution in [0.4, 0.5) is 0 Å². The fourth-order valence-electron chi connectivity index (χ4n) is 1.85. The van der Waals surface area contributed by atoms with Gasteiger partial charge in [0.2, 0.25) is 0 Å². The molecule has 1 heterocycles. The number of ether oxygens (including phenoxy) is 1. The molecule has 0 aromatic heterocycles. The van der Waals surface area contributed by atoms with Gasteiger partial charge in [-0.05, 0) is 38.7 Å². The minimum absolute atomic E-state index is 0.238. The first-order valence-electron chi connectivity index (χ1n) is 4.05. The molecule has 56 valence electrons. The summed E-state index contributed by atoms with van der Waals surface area (Å²) in [7, 11) is 0. The largest absolute Gasteiger partial charge is 0.365 e. The smallest absolute Gasteiger partial charge is 0.113 e. The SMILES string of the molecule is CC1=C(C)C2(CCC1)CO2. The minimum atomic E-state index is 0.238. The molecule has 0 radical (unpaired) electrons. The van der Waals surface area contributed by atoms with E-state index in [0.29, 0.717) is 0 Å². The van der Waals surface area contributed by atoms with Gasteiger partial charge in [-0.1, -0.05) is 5.57 Å². The molecular formula is C9H14O. The van der Waals surface area contributed by atoms with E-state index in [9.17, 15) is 0 Å². The van der Waals surface area contributed by atoms with Gasteiger partial charge in [0.15, 0.2) is 0 Å². The highest BCUT2D eigenvalue weighted by Crippen LogP contribution is 2.44. The van der Waals surface area contributed by atoms with Crippen molar-refractivity contribution in [3.63, 3.8) is 0 Å². The van der Waals surface area contributed by atoms with Crippen LogP contribution in [-0.4, -0.2) is 12.2 Å². The molecule has 1 heteroatoms. The third kappa shape index (κ3) is 0.734. The summed E-state index contributed by atoms with van der Waals surface area (Å²) in [5.41, 5.74) is 3.31. The molecule has 1 unspecified atom stereocenters. The standard InChI is InChI=1S/C9H14O/c1-7-4-3-5-9(6-10-9)8(7)2/h3-6H2,1-2H3. The molecule has 0 bridgehead atoms. The average molecular weight is 138 g/mol. The minimum Gasteiger partial charge on any atom is -0.365 e. The van der Waals surface area contributed by atoms with Crippen molar-refractivity contribution in [1.82, 2.24) is 0 Å². The lowest BCUT2D eigenvalue weighted by Gasteiger charge is -2.21. The lowest BCUT2D eigenvalue weighted by atomic mass is 9.84. The van der Waals surface area contributed by atoms with Gasteiger partial charge in [0, 0.05) is 0 Å². The van der Waals surface area contributed by atoms with Gasteiger partial charge >= 0.3 is 0 Å². The van der Waals surface area contributed by atoms with Crippen LogP contribution in [0.1, 0.15) is 33.1 Å².